The summed E-state index contributed by atoms with van der Waals surface area (Å²) in [4.78, 5) is 3.55. The third kappa shape index (κ3) is 4.59. The Morgan fingerprint density at radius 3 is 2.38 bits per heavy atom. The van der Waals surface area contributed by atoms with Crippen LogP contribution in [0.15, 0.2) is 22.7 Å². The highest BCUT2D eigenvalue weighted by Gasteiger charge is 2.32. The molecule has 1 atom stereocenters. The standard InChI is InChI=1S/C14H19BrF3N3/c1-10(19)12-8-11(15)2-3-13(12)21-6-4-20(5-7-21)9-14(16,17)18/h2-3,8,10H,4-7,9,19H2,1H3. The Balaban J connectivity index is 2.06. The molecule has 2 rings (SSSR count). The van der Waals surface area contributed by atoms with Crippen LogP contribution in [0.2, 0.25) is 0 Å². The number of nitrogens with two attached hydrogens (primary N) is 1. The molecule has 118 valence electrons. The van der Waals surface area contributed by atoms with Gasteiger partial charge in [-0.1, -0.05) is 15.9 Å². The SMILES string of the molecule is CC(N)c1cc(Br)ccc1N1CCN(CC(F)(F)F)CC1. The van der Waals surface area contributed by atoms with E-state index in [0.29, 0.717) is 26.2 Å². The molecular weight excluding hydrogens is 347 g/mol. The maximum absolute atomic E-state index is 12.4. The molecule has 3 nitrogen and oxygen atoms in total. The maximum Gasteiger partial charge on any atom is 0.401 e. The summed E-state index contributed by atoms with van der Waals surface area (Å²) in [6.07, 6.45) is -4.13. The number of halogens is 4. The molecule has 1 unspecified atom stereocenters. The van der Waals surface area contributed by atoms with Crippen molar-refractivity contribution in [2.24, 2.45) is 5.73 Å². The van der Waals surface area contributed by atoms with E-state index < -0.39 is 12.7 Å². The first kappa shape index (κ1) is 16.6. The van der Waals surface area contributed by atoms with Gasteiger partial charge in [0.1, 0.15) is 0 Å². The molecule has 1 heterocycles. The zero-order chi connectivity index (χ0) is 15.6. The number of benzene rings is 1. The summed E-state index contributed by atoms with van der Waals surface area (Å²) in [5, 5.41) is 0. The Kier molecular flexibility index (Phi) is 5.16. The molecule has 21 heavy (non-hydrogen) atoms. The average Bonchev–Trinajstić information content (AvgIpc) is 2.38. The second-order valence-corrected chi connectivity index (χ2v) is 6.29. The van der Waals surface area contributed by atoms with Gasteiger partial charge in [0.15, 0.2) is 0 Å². The van der Waals surface area contributed by atoms with Crippen molar-refractivity contribution >= 4 is 21.6 Å². The third-order valence-electron chi connectivity index (χ3n) is 3.60. The van der Waals surface area contributed by atoms with Crippen molar-refractivity contribution < 1.29 is 13.2 Å². The number of anilines is 1. The molecule has 1 aromatic carbocycles. The molecule has 0 aliphatic carbocycles. The Hall–Kier alpha value is -0.790. The lowest BCUT2D eigenvalue weighted by molar-refractivity contribution is -0.146. The largest absolute Gasteiger partial charge is 0.401 e. The summed E-state index contributed by atoms with van der Waals surface area (Å²) in [6, 6.07) is 5.76. The van der Waals surface area contributed by atoms with Crippen LogP contribution in [0.4, 0.5) is 18.9 Å². The molecule has 2 N–H and O–H groups in total. The topological polar surface area (TPSA) is 32.5 Å². The first-order valence-corrected chi connectivity index (χ1v) is 7.64. The lowest BCUT2D eigenvalue weighted by Gasteiger charge is -2.37. The summed E-state index contributed by atoms with van der Waals surface area (Å²) in [5.74, 6) is 0. The number of rotatable bonds is 3. The first-order valence-electron chi connectivity index (χ1n) is 6.85. The monoisotopic (exact) mass is 365 g/mol. The van der Waals surface area contributed by atoms with Crippen molar-refractivity contribution in [1.82, 2.24) is 4.90 Å². The van der Waals surface area contributed by atoms with E-state index in [1.54, 1.807) is 0 Å². The molecule has 0 amide bonds. The highest BCUT2D eigenvalue weighted by molar-refractivity contribution is 9.10. The molecule has 1 aromatic rings. The van der Waals surface area contributed by atoms with Crippen LogP contribution in [0, 0.1) is 0 Å². The van der Waals surface area contributed by atoms with E-state index in [-0.39, 0.29) is 6.04 Å². The van der Waals surface area contributed by atoms with Gasteiger partial charge < -0.3 is 10.6 Å². The molecule has 7 heteroatoms. The Bertz CT molecular complexity index is 483. The average molecular weight is 366 g/mol. The molecule has 0 aromatic heterocycles. The minimum absolute atomic E-state index is 0.120. The lowest BCUT2D eigenvalue weighted by atomic mass is 10.1. The molecule has 0 bridgehead atoms. The number of alkyl halides is 3. The number of nitrogens with zero attached hydrogens (tertiary/aromatic N) is 2. The van der Waals surface area contributed by atoms with Gasteiger partial charge in [-0.15, -0.1) is 0 Å². The molecule has 1 aliphatic heterocycles. The summed E-state index contributed by atoms with van der Waals surface area (Å²) in [6.45, 7) is 3.06. The van der Waals surface area contributed by atoms with E-state index in [4.69, 9.17) is 5.73 Å². The van der Waals surface area contributed by atoms with Gasteiger partial charge in [0.25, 0.3) is 0 Å². The van der Waals surface area contributed by atoms with Crippen LogP contribution in [-0.2, 0) is 0 Å². The van der Waals surface area contributed by atoms with Crippen molar-refractivity contribution in [3.05, 3.63) is 28.2 Å². The highest BCUT2D eigenvalue weighted by atomic mass is 79.9. The number of hydrogen-bond donors (Lipinski definition) is 1. The molecule has 1 aliphatic rings. The maximum atomic E-state index is 12.4. The van der Waals surface area contributed by atoms with E-state index in [0.717, 1.165) is 15.7 Å². The summed E-state index contributed by atoms with van der Waals surface area (Å²) in [7, 11) is 0. The minimum atomic E-state index is -4.13. The normalized spacial score (nSPS) is 18.9. The van der Waals surface area contributed by atoms with Crippen LogP contribution < -0.4 is 10.6 Å². The van der Waals surface area contributed by atoms with Crippen molar-refractivity contribution in [2.45, 2.75) is 19.1 Å². The van der Waals surface area contributed by atoms with Crippen molar-refractivity contribution in [3.63, 3.8) is 0 Å². The van der Waals surface area contributed by atoms with Crippen LogP contribution in [0.1, 0.15) is 18.5 Å². The van der Waals surface area contributed by atoms with Gasteiger partial charge in [-0.2, -0.15) is 13.2 Å². The third-order valence-corrected chi connectivity index (χ3v) is 4.09. The van der Waals surface area contributed by atoms with Crippen molar-refractivity contribution in [1.29, 1.82) is 0 Å². The summed E-state index contributed by atoms with van der Waals surface area (Å²) < 4.78 is 38.1. The van der Waals surface area contributed by atoms with Gasteiger partial charge in [-0.3, -0.25) is 4.90 Å². The number of hydrogen-bond acceptors (Lipinski definition) is 3. The van der Waals surface area contributed by atoms with E-state index in [1.807, 2.05) is 25.1 Å². The molecule has 0 radical (unpaired) electrons. The Morgan fingerprint density at radius 1 is 1.24 bits per heavy atom. The van der Waals surface area contributed by atoms with Gasteiger partial charge in [0, 0.05) is 42.4 Å². The molecule has 0 spiro atoms. The Labute approximate surface area is 131 Å². The second-order valence-electron chi connectivity index (χ2n) is 5.37. The van der Waals surface area contributed by atoms with Crippen LogP contribution in [-0.4, -0.2) is 43.8 Å². The quantitative estimate of drug-likeness (QED) is 0.892. The van der Waals surface area contributed by atoms with Gasteiger partial charge in [-0.05, 0) is 30.7 Å². The molecular formula is C14H19BrF3N3. The smallest absolute Gasteiger partial charge is 0.369 e. The fourth-order valence-corrected chi connectivity index (χ4v) is 2.96. The van der Waals surface area contributed by atoms with Gasteiger partial charge in [0.2, 0.25) is 0 Å². The van der Waals surface area contributed by atoms with Crippen LogP contribution in [0.25, 0.3) is 0 Å². The fourth-order valence-electron chi connectivity index (χ4n) is 2.58. The summed E-state index contributed by atoms with van der Waals surface area (Å²) >= 11 is 3.42. The minimum Gasteiger partial charge on any atom is -0.369 e. The van der Waals surface area contributed by atoms with Crippen molar-refractivity contribution in [2.75, 3.05) is 37.6 Å². The zero-order valence-electron chi connectivity index (χ0n) is 11.8. The molecule has 0 saturated carbocycles. The lowest BCUT2D eigenvalue weighted by Crippen LogP contribution is -2.49. The predicted molar refractivity (Wildman–Crippen MR) is 81.5 cm³/mol. The Morgan fingerprint density at radius 2 is 1.86 bits per heavy atom. The van der Waals surface area contributed by atoms with E-state index in [1.165, 1.54) is 4.90 Å². The van der Waals surface area contributed by atoms with E-state index >= 15 is 0 Å². The highest BCUT2D eigenvalue weighted by Crippen LogP contribution is 2.29. The van der Waals surface area contributed by atoms with Crippen LogP contribution in [0.3, 0.4) is 0 Å². The van der Waals surface area contributed by atoms with Gasteiger partial charge in [-0.25, -0.2) is 0 Å². The van der Waals surface area contributed by atoms with Crippen LogP contribution in [0.5, 0.6) is 0 Å². The first-order chi connectivity index (χ1) is 9.76. The second kappa shape index (κ2) is 6.54. The van der Waals surface area contributed by atoms with E-state index in [2.05, 4.69) is 20.8 Å². The van der Waals surface area contributed by atoms with Crippen LogP contribution >= 0.6 is 15.9 Å². The van der Waals surface area contributed by atoms with E-state index in [9.17, 15) is 13.2 Å². The van der Waals surface area contributed by atoms with Gasteiger partial charge in [0.05, 0.1) is 6.54 Å². The summed E-state index contributed by atoms with van der Waals surface area (Å²) in [5.41, 5.74) is 8.02. The molecule has 1 fully saturated rings. The van der Waals surface area contributed by atoms with Crippen molar-refractivity contribution in [3.8, 4) is 0 Å². The fraction of sp³-hybridized carbons (Fsp3) is 0.571. The predicted octanol–water partition coefficient (Wildman–Crippen LogP) is 3.15. The van der Waals surface area contributed by atoms with Gasteiger partial charge >= 0.3 is 6.18 Å². The molecule has 1 saturated heterocycles. The number of piperazine rings is 1. The zero-order valence-corrected chi connectivity index (χ0v) is 13.4.